The smallest absolute Gasteiger partial charge is 0.157 e. The van der Waals surface area contributed by atoms with Gasteiger partial charge in [-0.2, -0.15) is 0 Å². The summed E-state index contributed by atoms with van der Waals surface area (Å²) in [6.45, 7) is 2.13. The highest BCUT2D eigenvalue weighted by molar-refractivity contribution is 9.10. The third kappa shape index (κ3) is 3.19. The zero-order valence-corrected chi connectivity index (χ0v) is 14.4. The van der Waals surface area contributed by atoms with Gasteiger partial charge in [0.1, 0.15) is 18.1 Å². The van der Waals surface area contributed by atoms with Gasteiger partial charge in [-0.05, 0) is 17.7 Å². The number of nitrogens with one attached hydrogen (secondary N) is 1. The molecule has 0 radical (unpaired) electrons. The number of hydrogen-bond donors (Lipinski definition) is 1. The number of hydrogen-bond acceptors (Lipinski definition) is 5. The van der Waals surface area contributed by atoms with Crippen molar-refractivity contribution in [3.63, 3.8) is 0 Å². The van der Waals surface area contributed by atoms with E-state index in [0.717, 1.165) is 34.6 Å². The summed E-state index contributed by atoms with van der Waals surface area (Å²) in [6, 6.07) is 8.18. The van der Waals surface area contributed by atoms with Crippen LogP contribution < -0.4 is 10.2 Å². The molecule has 1 aliphatic heterocycles. The minimum atomic E-state index is 0.00435. The van der Waals surface area contributed by atoms with Crippen LogP contribution in [0.4, 0.5) is 11.5 Å². The summed E-state index contributed by atoms with van der Waals surface area (Å²) in [6.07, 6.45) is 1.49. The number of aromatic nitrogens is 2. The number of anilines is 2. The largest absolute Gasteiger partial charge is 0.383 e. The molecule has 0 saturated carbocycles. The Balaban J connectivity index is 1.86. The lowest BCUT2D eigenvalue weighted by atomic mass is 10.1. The summed E-state index contributed by atoms with van der Waals surface area (Å²) in [5.74, 6) is 0.811. The second-order valence-electron chi connectivity index (χ2n) is 4.97. The third-order valence-corrected chi connectivity index (χ3v) is 4.40. The molecule has 2 heterocycles. The summed E-state index contributed by atoms with van der Waals surface area (Å²) in [5.41, 5.74) is 1.89. The van der Waals surface area contributed by atoms with Crippen molar-refractivity contribution in [1.29, 1.82) is 0 Å². The molecule has 1 fully saturated rings. The summed E-state index contributed by atoms with van der Waals surface area (Å²) in [5, 5.41) is 3.51. The normalized spacial score (nSPS) is 18.3. The quantitative estimate of drug-likeness (QED) is 0.822. The van der Waals surface area contributed by atoms with Crippen molar-refractivity contribution in [2.45, 2.75) is 6.10 Å². The number of rotatable bonds is 3. The Morgan fingerprint density at radius 2 is 2.27 bits per heavy atom. The van der Waals surface area contributed by atoms with Gasteiger partial charge < -0.3 is 15.0 Å². The molecule has 1 aliphatic rings. The van der Waals surface area contributed by atoms with Crippen molar-refractivity contribution in [2.24, 2.45) is 0 Å². The maximum atomic E-state index is 6.15. The van der Waals surface area contributed by atoms with Crippen LogP contribution in [0, 0.1) is 0 Å². The van der Waals surface area contributed by atoms with Gasteiger partial charge in [-0.1, -0.05) is 39.7 Å². The number of halogens is 2. The van der Waals surface area contributed by atoms with Gasteiger partial charge in [-0.15, -0.1) is 0 Å². The van der Waals surface area contributed by atoms with E-state index in [1.807, 2.05) is 19.2 Å². The molecule has 22 heavy (non-hydrogen) atoms. The SMILES string of the molecule is CNc1c(Cl)ncnc1N1CCOC(c2cccc(Br)c2)C1. The van der Waals surface area contributed by atoms with Crippen molar-refractivity contribution in [3.8, 4) is 0 Å². The molecule has 1 aromatic heterocycles. The lowest BCUT2D eigenvalue weighted by molar-refractivity contribution is 0.0395. The maximum Gasteiger partial charge on any atom is 0.157 e. The third-order valence-electron chi connectivity index (χ3n) is 3.62. The van der Waals surface area contributed by atoms with E-state index >= 15 is 0 Å². The molecular formula is C15H16BrClN4O. The van der Waals surface area contributed by atoms with Crippen molar-refractivity contribution in [1.82, 2.24) is 9.97 Å². The number of benzene rings is 1. The first-order valence-electron chi connectivity index (χ1n) is 6.99. The van der Waals surface area contributed by atoms with Crippen LogP contribution in [0.15, 0.2) is 35.1 Å². The van der Waals surface area contributed by atoms with Crippen molar-refractivity contribution < 1.29 is 4.74 Å². The highest BCUT2D eigenvalue weighted by atomic mass is 79.9. The summed E-state index contributed by atoms with van der Waals surface area (Å²) in [4.78, 5) is 10.6. The van der Waals surface area contributed by atoms with Crippen LogP contribution in [-0.4, -0.2) is 36.7 Å². The minimum Gasteiger partial charge on any atom is -0.383 e. The Hall–Kier alpha value is -1.37. The molecule has 1 N–H and O–H groups in total. The van der Waals surface area contributed by atoms with E-state index in [1.165, 1.54) is 6.33 Å². The molecule has 1 atom stereocenters. The van der Waals surface area contributed by atoms with Crippen molar-refractivity contribution >= 4 is 39.0 Å². The van der Waals surface area contributed by atoms with Crippen molar-refractivity contribution in [2.75, 3.05) is 37.0 Å². The Labute approximate surface area is 142 Å². The van der Waals surface area contributed by atoms with Gasteiger partial charge in [-0.3, -0.25) is 0 Å². The Morgan fingerprint density at radius 1 is 1.41 bits per heavy atom. The van der Waals surface area contributed by atoms with E-state index in [-0.39, 0.29) is 6.10 Å². The highest BCUT2D eigenvalue weighted by Gasteiger charge is 2.25. The van der Waals surface area contributed by atoms with Crippen LogP contribution in [0.2, 0.25) is 5.15 Å². The van der Waals surface area contributed by atoms with Gasteiger partial charge in [-0.25, -0.2) is 9.97 Å². The Morgan fingerprint density at radius 3 is 3.05 bits per heavy atom. The van der Waals surface area contributed by atoms with Gasteiger partial charge in [0.05, 0.1) is 6.61 Å². The van der Waals surface area contributed by atoms with Crippen LogP contribution in [-0.2, 0) is 4.74 Å². The molecule has 116 valence electrons. The molecule has 1 saturated heterocycles. The van der Waals surface area contributed by atoms with Gasteiger partial charge >= 0.3 is 0 Å². The molecule has 0 spiro atoms. The lowest BCUT2D eigenvalue weighted by Crippen LogP contribution is -2.39. The predicted octanol–water partition coefficient (Wildman–Crippen LogP) is 3.51. The van der Waals surface area contributed by atoms with Crippen LogP contribution in [0.1, 0.15) is 11.7 Å². The molecule has 2 aromatic rings. The van der Waals surface area contributed by atoms with Crippen LogP contribution in [0.5, 0.6) is 0 Å². The van der Waals surface area contributed by atoms with Crippen molar-refractivity contribution in [3.05, 3.63) is 45.8 Å². The molecule has 0 bridgehead atoms. The van der Waals surface area contributed by atoms with Crippen LogP contribution in [0.3, 0.4) is 0 Å². The molecule has 7 heteroatoms. The van der Waals surface area contributed by atoms with Gasteiger partial charge in [0.2, 0.25) is 0 Å². The Kier molecular flexibility index (Phi) is 4.81. The minimum absolute atomic E-state index is 0.00435. The fourth-order valence-corrected chi connectivity index (χ4v) is 3.20. The maximum absolute atomic E-state index is 6.15. The fourth-order valence-electron chi connectivity index (χ4n) is 2.56. The van der Waals surface area contributed by atoms with Crippen LogP contribution >= 0.6 is 27.5 Å². The zero-order chi connectivity index (χ0) is 15.5. The number of ether oxygens (including phenoxy) is 1. The van der Waals surface area contributed by atoms with E-state index in [4.69, 9.17) is 16.3 Å². The molecule has 1 unspecified atom stereocenters. The van der Waals surface area contributed by atoms with E-state index in [1.54, 1.807) is 0 Å². The van der Waals surface area contributed by atoms with E-state index < -0.39 is 0 Å². The fraction of sp³-hybridized carbons (Fsp3) is 0.333. The lowest BCUT2D eigenvalue weighted by Gasteiger charge is -2.34. The van der Waals surface area contributed by atoms with E-state index in [9.17, 15) is 0 Å². The Bertz CT molecular complexity index is 670. The predicted molar refractivity (Wildman–Crippen MR) is 91.6 cm³/mol. The monoisotopic (exact) mass is 382 g/mol. The van der Waals surface area contributed by atoms with Gasteiger partial charge in [0.25, 0.3) is 0 Å². The molecule has 3 rings (SSSR count). The van der Waals surface area contributed by atoms with Gasteiger partial charge in [0.15, 0.2) is 11.0 Å². The van der Waals surface area contributed by atoms with Gasteiger partial charge in [0, 0.05) is 24.6 Å². The zero-order valence-electron chi connectivity index (χ0n) is 12.1. The van der Waals surface area contributed by atoms with E-state index in [0.29, 0.717) is 11.8 Å². The molecule has 0 aliphatic carbocycles. The van der Waals surface area contributed by atoms with Crippen LogP contribution in [0.25, 0.3) is 0 Å². The highest BCUT2D eigenvalue weighted by Crippen LogP contribution is 2.32. The molecular weight excluding hydrogens is 368 g/mol. The standard InChI is InChI=1S/C15H16BrClN4O/c1-18-13-14(17)19-9-20-15(13)21-5-6-22-12(8-21)10-3-2-4-11(16)7-10/h2-4,7,9,12,18H,5-6,8H2,1H3. The number of morpholine rings is 1. The summed E-state index contributed by atoms with van der Waals surface area (Å²) >= 11 is 9.65. The first-order chi connectivity index (χ1) is 10.7. The second-order valence-corrected chi connectivity index (χ2v) is 6.25. The summed E-state index contributed by atoms with van der Waals surface area (Å²) < 4.78 is 6.96. The first-order valence-corrected chi connectivity index (χ1v) is 8.16. The average molecular weight is 384 g/mol. The van der Waals surface area contributed by atoms with E-state index in [2.05, 4.69) is 48.2 Å². The summed E-state index contributed by atoms with van der Waals surface area (Å²) in [7, 11) is 1.82. The first kappa shape index (κ1) is 15.5. The number of nitrogens with zero attached hydrogens (tertiary/aromatic N) is 3. The topological polar surface area (TPSA) is 50.3 Å². The molecule has 1 aromatic carbocycles. The molecule has 5 nitrogen and oxygen atoms in total. The average Bonchev–Trinajstić information content (AvgIpc) is 2.55. The second kappa shape index (κ2) is 6.81. The molecule has 0 amide bonds.